The Balaban J connectivity index is 1.39. The first kappa shape index (κ1) is 20.3. The molecule has 0 spiro atoms. The lowest BCUT2D eigenvalue weighted by molar-refractivity contribution is 0.181. The van der Waals surface area contributed by atoms with Crippen LogP contribution in [-0.4, -0.2) is 36.6 Å². The number of likely N-dealkylation sites (tertiary alicyclic amines) is 1. The number of benzene rings is 2. The minimum Gasteiger partial charge on any atom is -0.338 e. The van der Waals surface area contributed by atoms with Crippen molar-refractivity contribution in [2.45, 2.75) is 12.8 Å². The highest BCUT2D eigenvalue weighted by Gasteiger charge is 2.23. The quantitative estimate of drug-likeness (QED) is 0.646. The van der Waals surface area contributed by atoms with Gasteiger partial charge in [0.1, 0.15) is 0 Å². The summed E-state index contributed by atoms with van der Waals surface area (Å²) in [5.41, 5.74) is 1.33. The molecule has 0 atom stereocenters. The second-order valence-electron chi connectivity index (χ2n) is 6.72. The van der Waals surface area contributed by atoms with Crippen LogP contribution >= 0.6 is 23.2 Å². The summed E-state index contributed by atoms with van der Waals surface area (Å²) in [6.45, 7) is 1.86. The topological polar surface area (TPSA) is 73.5 Å². The number of hydrogen-bond acceptors (Lipinski definition) is 2. The molecule has 3 N–H and O–H groups in total. The van der Waals surface area contributed by atoms with E-state index in [4.69, 9.17) is 23.2 Å². The molecule has 2 aromatic rings. The summed E-state index contributed by atoms with van der Waals surface area (Å²) in [6, 6.07) is 13.7. The van der Waals surface area contributed by atoms with Crippen LogP contribution in [0.25, 0.3) is 0 Å². The number of carbonyl (C=O) groups excluding carboxylic acids is 2. The third kappa shape index (κ3) is 6.04. The summed E-state index contributed by atoms with van der Waals surface area (Å²) in [5.74, 6) is 0.334. The predicted octanol–water partition coefficient (Wildman–Crippen LogP) is 5.06. The zero-order valence-corrected chi connectivity index (χ0v) is 16.8. The number of urea groups is 2. The van der Waals surface area contributed by atoms with Crippen LogP contribution in [-0.2, 0) is 0 Å². The zero-order valence-electron chi connectivity index (χ0n) is 15.3. The molecule has 0 radical (unpaired) electrons. The molecule has 2 aromatic carbocycles. The molecule has 1 aliphatic rings. The van der Waals surface area contributed by atoms with E-state index < -0.39 is 0 Å². The van der Waals surface area contributed by atoms with Gasteiger partial charge in [-0.1, -0.05) is 35.3 Å². The van der Waals surface area contributed by atoms with E-state index in [1.54, 1.807) is 53.4 Å². The number of carbonyl (C=O) groups is 2. The third-order valence-electron chi connectivity index (χ3n) is 4.61. The SMILES string of the molecule is O=C(NCC1CCN(C(=O)Nc2cccc(Cl)c2)CC1)Nc1cccc(Cl)c1. The van der Waals surface area contributed by atoms with Crippen LogP contribution in [0.1, 0.15) is 12.8 Å². The summed E-state index contributed by atoms with van der Waals surface area (Å²) in [5, 5.41) is 9.66. The first-order valence-electron chi connectivity index (χ1n) is 9.11. The molecule has 3 rings (SSSR count). The van der Waals surface area contributed by atoms with Crippen molar-refractivity contribution < 1.29 is 9.59 Å². The lowest BCUT2D eigenvalue weighted by atomic mass is 9.97. The van der Waals surface area contributed by atoms with Gasteiger partial charge >= 0.3 is 12.1 Å². The first-order valence-corrected chi connectivity index (χ1v) is 9.87. The van der Waals surface area contributed by atoms with Crippen LogP contribution in [0.5, 0.6) is 0 Å². The van der Waals surface area contributed by atoms with Crippen LogP contribution in [0.4, 0.5) is 21.0 Å². The van der Waals surface area contributed by atoms with Gasteiger partial charge in [-0.2, -0.15) is 0 Å². The van der Waals surface area contributed by atoms with E-state index in [0.717, 1.165) is 12.8 Å². The van der Waals surface area contributed by atoms with Crippen LogP contribution in [0.2, 0.25) is 10.0 Å². The van der Waals surface area contributed by atoms with Gasteiger partial charge in [0.05, 0.1) is 0 Å². The molecule has 1 heterocycles. The fourth-order valence-corrected chi connectivity index (χ4v) is 3.47. The number of halogens is 2. The molecule has 6 nitrogen and oxygen atoms in total. The molecule has 1 saturated heterocycles. The number of nitrogens with one attached hydrogen (secondary N) is 3. The molecular weight excluding hydrogens is 399 g/mol. The standard InChI is InChI=1S/C20H22Cl2N4O2/c21-15-3-1-5-17(11-15)24-19(27)23-13-14-7-9-26(10-8-14)20(28)25-18-6-2-4-16(22)12-18/h1-6,11-12,14H,7-10,13H2,(H,25,28)(H2,23,24,27). The molecular formula is C20H22Cl2N4O2. The van der Waals surface area contributed by atoms with Crippen LogP contribution in [0, 0.1) is 5.92 Å². The largest absolute Gasteiger partial charge is 0.338 e. The van der Waals surface area contributed by atoms with Crippen LogP contribution in [0.3, 0.4) is 0 Å². The van der Waals surface area contributed by atoms with Crippen molar-refractivity contribution in [1.82, 2.24) is 10.2 Å². The first-order chi connectivity index (χ1) is 13.5. The Labute approximate surface area is 174 Å². The van der Waals surface area contributed by atoms with E-state index in [9.17, 15) is 9.59 Å². The summed E-state index contributed by atoms with van der Waals surface area (Å²) >= 11 is 11.9. The van der Waals surface area contributed by atoms with Crippen molar-refractivity contribution >= 4 is 46.6 Å². The number of amides is 4. The highest BCUT2D eigenvalue weighted by atomic mass is 35.5. The maximum absolute atomic E-state index is 12.4. The van der Waals surface area contributed by atoms with Gasteiger partial charge in [0, 0.05) is 41.1 Å². The Morgan fingerprint density at radius 1 is 0.929 bits per heavy atom. The molecule has 0 aliphatic carbocycles. The van der Waals surface area contributed by atoms with Crippen molar-refractivity contribution in [2.24, 2.45) is 5.92 Å². The number of nitrogens with zero attached hydrogens (tertiary/aromatic N) is 1. The summed E-state index contributed by atoms with van der Waals surface area (Å²) in [4.78, 5) is 26.2. The van der Waals surface area contributed by atoms with Gasteiger partial charge in [-0.3, -0.25) is 0 Å². The Bertz CT molecular complexity index is 838. The van der Waals surface area contributed by atoms with E-state index in [1.807, 2.05) is 0 Å². The number of piperidine rings is 1. The minimum absolute atomic E-state index is 0.132. The molecule has 0 unspecified atom stereocenters. The normalized spacial score (nSPS) is 14.4. The van der Waals surface area contributed by atoms with E-state index in [1.165, 1.54) is 0 Å². The number of hydrogen-bond donors (Lipinski definition) is 3. The molecule has 1 aliphatic heterocycles. The molecule has 28 heavy (non-hydrogen) atoms. The number of anilines is 2. The van der Waals surface area contributed by atoms with Gasteiger partial charge in [-0.25, -0.2) is 9.59 Å². The maximum Gasteiger partial charge on any atom is 0.321 e. The molecule has 0 aromatic heterocycles. The lowest BCUT2D eigenvalue weighted by Gasteiger charge is -2.32. The summed E-state index contributed by atoms with van der Waals surface area (Å²) in [7, 11) is 0. The van der Waals surface area contributed by atoms with E-state index in [-0.39, 0.29) is 12.1 Å². The van der Waals surface area contributed by atoms with Crippen molar-refractivity contribution in [1.29, 1.82) is 0 Å². The highest BCUT2D eigenvalue weighted by molar-refractivity contribution is 6.31. The van der Waals surface area contributed by atoms with Gasteiger partial charge in [-0.05, 0) is 55.2 Å². The van der Waals surface area contributed by atoms with Gasteiger partial charge in [0.15, 0.2) is 0 Å². The predicted molar refractivity (Wildman–Crippen MR) is 113 cm³/mol. The van der Waals surface area contributed by atoms with E-state index >= 15 is 0 Å². The second kappa shape index (κ2) is 9.66. The fourth-order valence-electron chi connectivity index (χ4n) is 3.09. The van der Waals surface area contributed by atoms with Gasteiger partial charge in [0.2, 0.25) is 0 Å². The number of rotatable bonds is 4. The van der Waals surface area contributed by atoms with E-state index in [2.05, 4.69) is 16.0 Å². The molecule has 0 bridgehead atoms. The summed E-state index contributed by atoms with van der Waals surface area (Å²) in [6.07, 6.45) is 1.67. The Kier molecular flexibility index (Phi) is 7.01. The molecule has 148 valence electrons. The molecule has 1 fully saturated rings. The second-order valence-corrected chi connectivity index (χ2v) is 7.59. The van der Waals surface area contributed by atoms with Crippen molar-refractivity contribution in [3.8, 4) is 0 Å². The van der Waals surface area contributed by atoms with Crippen molar-refractivity contribution in [2.75, 3.05) is 30.3 Å². The molecule has 0 saturated carbocycles. The van der Waals surface area contributed by atoms with Crippen LogP contribution in [0.15, 0.2) is 48.5 Å². The summed E-state index contributed by atoms with van der Waals surface area (Å²) < 4.78 is 0. The zero-order chi connectivity index (χ0) is 19.9. The maximum atomic E-state index is 12.4. The van der Waals surface area contributed by atoms with Gasteiger partial charge < -0.3 is 20.9 Å². The van der Waals surface area contributed by atoms with Gasteiger partial charge in [0.25, 0.3) is 0 Å². The fraction of sp³-hybridized carbons (Fsp3) is 0.300. The lowest BCUT2D eigenvalue weighted by Crippen LogP contribution is -2.43. The molecule has 8 heteroatoms. The third-order valence-corrected chi connectivity index (χ3v) is 5.08. The van der Waals surface area contributed by atoms with Crippen molar-refractivity contribution in [3.63, 3.8) is 0 Å². The molecule has 4 amide bonds. The average Bonchev–Trinajstić information content (AvgIpc) is 2.67. The Hall–Kier alpha value is -2.44. The smallest absolute Gasteiger partial charge is 0.321 e. The Morgan fingerprint density at radius 2 is 1.50 bits per heavy atom. The van der Waals surface area contributed by atoms with Crippen molar-refractivity contribution in [3.05, 3.63) is 58.6 Å². The highest BCUT2D eigenvalue weighted by Crippen LogP contribution is 2.20. The van der Waals surface area contributed by atoms with Crippen LogP contribution < -0.4 is 16.0 Å². The monoisotopic (exact) mass is 420 g/mol. The average molecular weight is 421 g/mol. The Morgan fingerprint density at radius 3 is 2.07 bits per heavy atom. The van der Waals surface area contributed by atoms with E-state index in [0.29, 0.717) is 47.0 Å². The van der Waals surface area contributed by atoms with Gasteiger partial charge in [-0.15, -0.1) is 0 Å². The minimum atomic E-state index is -0.261.